The fraction of sp³-hybridized carbons (Fsp3) is 0.360. The first-order valence-corrected chi connectivity index (χ1v) is 23.4. The number of nitrogens with zero attached hydrogens (tertiary/aromatic N) is 2. The van der Waals surface area contributed by atoms with Gasteiger partial charge in [-0.25, -0.2) is 0 Å². The van der Waals surface area contributed by atoms with Gasteiger partial charge in [-0.1, -0.05) is 56.3 Å². The van der Waals surface area contributed by atoms with Crippen LogP contribution in [0.2, 0.25) is 0 Å². The maximum Gasteiger partial charge on any atom is 0.398 e. The Kier molecular flexibility index (Phi) is 13.5. The zero-order valence-electron chi connectivity index (χ0n) is 38.2. The molecule has 0 bridgehead atoms. The van der Waals surface area contributed by atoms with E-state index in [0.717, 1.165) is 10.4 Å². The Morgan fingerprint density at radius 2 is 1.24 bits per heavy atom. The number of carbonyl (C=O) groups excluding carboxylic acids is 10. The summed E-state index contributed by atoms with van der Waals surface area (Å²) in [6.45, 7) is 6.29. The van der Waals surface area contributed by atoms with Crippen LogP contribution in [0.3, 0.4) is 0 Å². The molecule has 2 saturated heterocycles. The molecule has 4 aliphatic heterocycles. The molecule has 8 amide bonds. The van der Waals surface area contributed by atoms with Crippen molar-refractivity contribution < 1.29 is 61.1 Å². The highest BCUT2D eigenvalue weighted by atomic mass is 32.1. The van der Waals surface area contributed by atoms with Gasteiger partial charge in [0.2, 0.25) is 29.4 Å². The van der Waals surface area contributed by atoms with Crippen molar-refractivity contribution >= 4 is 70.2 Å². The van der Waals surface area contributed by atoms with E-state index < -0.39 is 58.9 Å². The summed E-state index contributed by atoms with van der Waals surface area (Å²) in [6.07, 6.45) is -3.51. The number of hydrogen-bond donors (Lipinski definition) is 4. The van der Waals surface area contributed by atoms with Gasteiger partial charge in [0.05, 0.1) is 10.3 Å². The number of halogens is 3. The molecular formula is C50H47F3N6O10S. The molecule has 3 aromatic carbocycles. The number of nitrogens with one attached hydrogen (secondary N) is 4. The Morgan fingerprint density at radius 3 is 1.77 bits per heavy atom. The highest BCUT2D eigenvalue weighted by molar-refractivity contribution is 7.15. The van der Waals surface area contributed by atoms with Crippen LogP contribution in [-0.2, 0) is 60.4 Å². The number of Topliss-reactive ketones (excluding diaryl/α,β-unsaturated/α-hetero) is 2. The highest BCUT2D eigenvalue weighted by Gasteiger charge is 2.64. The first-order valence-electron chi connectivity index (χ1n) is 22.6. The summed E-state index contributed by atoms with van der Waals surface area (Å²) in [4.78, 5) is 127. The summed E-state index contributed by atoms with van der Waals surface area (Å²) in [5.41, 5.74) is 2.62. The molecule has 5 aliphatic rings. The molecule has 20 heteroatoms. The minimum atomic E-state index is -4.37. The van der Waals surface area contributed by atoms with Gasteiger partial charge in [-0.3, -0.25) is 58.6 Å². The maximum atomic E-state index is 13.3. The number of alkyl halides is 3. The fourth-order valence-electron chi connectivity index (χ4n) is 9.19. The predicted octanol–water partition coefficient (Wildman–Crippen LogP) is 4.98. The number of amides is 8. The summed E-state index contributed by atoms with van der Waals surface area (Å²) < 4.78 is 40.0. The Hall–Kier alpha value is -7.35. The van der Waals surface area contributed by atoms with Gasteiger partial charge in [0.1, 0.15) is 12.1 Å². The molecule has 4 aromatic rings. The lowest BCUT2D eigenvalue weighted by Gasteiger charge is -2.29. The third-order valence-corrected chi connectivity index (χ3v) is 14.9. The molecule has 364 valence electrons. The Morgan fingerprint density at radius 1 is 0.700 bits per heavy atom. The van der Waals surface area contributed by atoms with Crippen LogP contribution < -0.4 is 21.3 Å². The number of ketones is 2. The van der Waals surface area contributed by atoms with E-state index in [-0.39, 0.29) is 105 Å². The van der Waals surface area contributed by atoms with E-state index in [9.17, 15) is 61.1 Å². The quantitative estimate of drug-likeness (QED) is 0.0847. The zero-order valence-corrected chi connectivity index (χ0v) is 39.0. The van der Waals surface area contributed by atoms with Crippen molar-refractivity contribution in [2.24, 2.45) is 0 Å². The van der Waals surface area contributed by atoms with Crippen LogP contribution in [0, 0.1) is 6.92 Å². The summed E-state index contributed by atoms with van der Waals surface area (Å²) in [6, 6.07) is 15.5. The number of imide groups is 2. The average Bonchev–Trinajstić information content (AvgIpc) is 3.72. The maximum absolute atomic E-state index is 13.3. The van der Waals surface area contributed by atoms with Gasteiger partial charge in [-0.2, -0.15) is 13.2 Å². The van der Waals surface area contributed by atoms with E-state index in [4.69, 9.17) is 0 Å². The number of benzene rings is 3. The van der Waals surface area contributed by atoms with E-state index in [2.05, 4.69) is 21.3 Å². The third kappa shape index (κ3) is 9.51. The van der Waals surface area contributed by atoms with Gasteiger partial charge in [0, 0.05) is 60.6 Å². The lowest BCUT2D eigenvalue weighted by Crippen LogP contribution is -2.52. The first kappa shape index (κ1) is 49.1. The molecule has 16 nitrogen and oxygen atoms in total. The second-order valence-corrected chi connectivity index (χ2v) is 19.3. The van der Waals surface area contributed by atoms with Crippen molar-refractivity contribution in [3.05, 3.63) is 127 Å². The number of hydrogen-bond acceptors (Lipinski definition) is 11. The standard InChI is InChI=1S/C27H24F3N3O5.C23H23N3O5S/c1-14-16(4-7-18-19(14)13-33(25(18)38)20-8-9-21(34)32-23(20)36)12-31-24(37)22(35)15-2-5-17(6-3-15)26(10-11-26)27(28,29)30;1-12(2)17-7-8-18(32-17)20(28)22(30)24-10-13-4-3-5-14-15(13)11-26(23(14)31)16-6-9-19(27)25-21(16)29/h2-7,20H,8-13H2,1H3,(H,31,37)(H,32,34,36);3-5,7-8,12,16H,6,9-11H2,1-2H3,(H,24,30)(H,25,27,29). The van der Waals surface area contributed by atoms with Gasteiger partial charge in [-0.15, -0.1) is 11.3 Å². The van der Waals surface area contributed by atoms with Gasteiger partial charge in [0.25, 0.3) is 29.4 Å². The van der Waals surface area contributed by atoms with Crippen LogP contribution in [0.15, 0.2) is 66.7 Å². The minimum Gasteiger partial charge on any atom is -0.345 e. The number of piperidine rings is 2. The number of fused-ring (bicyclic) bond motifs is 2. The van der Waals surface area contributed by atoms with Crippen LogP contribution in [0.5, 0.6) is 0 Å². The molecule has 70 heavy (non-hydrogen) atoms. The molecule has 2 atom stereocenters. The second-order valence-electron chi connectivity index (χ2n) is 18.2. The van der Waals surface area contributed by atoms with E-state index >= 15 is 0 Å². The molecule has 1 saturated carbocycles. The van der Waals surface area contributed by atoms with Gasteiger partial charge < -0.3 is 20.4 Å². The van der Waals surface area contributed by atoms with Gasteiger partial charge in [0.15, 0.2) is 0 Å². The molecule has 1 aromatic heterocycles. The van der Waals surface area contributed by atoms with Crippen LogP contribution in [-0.4, -0.2) is 86.9 Å². The van der Waals surface area contributed by atoms with Crippen molar-refractivity contribution in [1.29, 1.82) is 0 Å². The molecule has 0 spiro atoms. The first-order chi connectivity index (χ1) is 33.2. The molecule has 5 heterocycles. The van der Waals surface area contributed by atoms with E-state index in [1.165, 1.54) is 45.4 Å². The monoisotopic (exact) mass is 980 g/mol. The average molecular weight is 981 g/mol. The predicted molar refractivity (Wildman–Crippen MR) is 244 cm³/mol. The summed E-state index contributed by atoms with van der Waals surface area (Å²) in [5, 5.41) is 9.73. The van der Waals surface area contributed by atoms with Crippen molar-refractivity contribution in [1.82, 2.24) is 31.1 Å². The van der Waals surface area contributed by atoms with E-state index in [1.54, 1.807) is 43.3 Å². The molecule has 2 unspecified atom stereocenters. The van der Waals surface area contributed by atoms with Crippen LogP contribution in [0.4, 0.5) is 13.2 Å². The molecule has 1 aliphatic carbocycles. The Bertz CT molecular complexity index is 2910. The van der Waals surface area contributed by atoms with Crippen molar-refractivity contribution in [2.45, 2.75) is 115 Å². The zero-order chi connectivity index (χ0) is 50.4. The smallest absolute Gasteiger partial charge is 0.345 e. The van der Waals surface area contributed by atoms with Gasteiger partial charge >= 0.3 is 6.18 Å². The lowest BCUT2D eigenvalue weighted by atomic mass is 9.93. The highest BCUT2D eigenvalue weighted by Crippen LogP contribution is 2.58. The molecule has 3 fully saturated rings. The van der Waals surface area contributed by atoms with Crippen molar-refractivity contribution in [3.63, 3.8) is 0 Å². The van der Waals surface area contributed by atoms with Crippen molar-refractivity contribution in [2.75, 3.05) is 0 Å². The fourth-order valence-corrected chi connectivity index (χ4v) is 10.1. The summed E-state index contributed by atoms with van der Waals surface area (Å²) in [7, 11) is 0. The topological polar surface area (TPSA) is 225 Å². The molecule has 0 radical (unpaired) electrons. The molecule has 4 N–H and O–H groups in total. The van der Waals surface area contributed by atoms with E-state index in [1.807, 2.05) is 19.9 Å². The second kappa shape index (κ2) is 19.2. The SMILES string of the molecule is CC(C)c1ccc(C(=O)C(=O)NCc2cccc3c2CN(C2CCC(=O)NC2=O)C3=O)s1.Cc1c(CNC(=O)C(=O)c2ccc(C3(C(F)(F)F)CC3)cc2)ccc2c1CN(C1CCC(=O)NC1=O)C2=O. The van der Waals surface area contributed by atoms with E-state index in [0.29, 0.717) is 38.3 Å². The molecule has 9 rings (SSSR count). The summed E-state index contributed by atoms with van der Waals surface area (Å²) in [5.74, 6) is -5.07. The van der Waals surface area contributed by atoms with Crippen molar-refractivity contribution in [3.8, 4) is 0 Å². The van der Waals surface area contributed by atoms with Crippen LogP contribution >= 0.6 is 11.3 Å². The lowest BCUT2D eigenvalue weighted by molar-refractivity contribution is -0.160. The van der Waals surface area contributed by atoms with Gasteiger partial charge in [-0.05, 0) is 96.2 Å². The van der Waals surface area contributed by atoms with Crippen LogP contribution in [0.25, 0.3) is 0 Å². The van der Waals surface area contributed by atoms with Crippen LogP contribution in [0.1, 0.15) is 137 Å². The Labute approximate surface area is 402 Å². The largest absolute Gasteiger partial charge is 0.398 e. The number of carbonyl (C=O) groups is 10. The molecular weight excluding hydrogens is 934 g/mol. The normalized spacial score (nSPS) is 19.2. The Balaban J connectivity index is 0.000000191. The third-order valence-electron chi connectivity index (χ3n) is 13.5. The number of rotatable bonds is 12. The number of thiophene rings is 1. The minimum absolute atomic E-state index is 0.00128. The summed E-state index contributed by atoms with van der Waals surface area (Å²) >= 11 is 1.31.